The smallest absolute Gasteiger partial charge is 0.255 e. The summed E-state index contributed by atoms with van der Waals surface area (Å²) in [5, 5.41) is 8.87. The number of nitrogens with two attached hydrogens (primary N) is 1. The molecule has 0 spiro atoms. The second-order valence-electron chi connectivity index (χ2n) is 4.30. The highest BCUT2D eigenvalue weighted by molar-refractivity contribution is 5.96. The Kier molecular flexibility index (Phi) is 6.22. The Morgan fingerprint density at radius 2 is 2.35 bits per heavy atom. The molecule has 0 fully saturated rings. The van der Waals surface area contributed by atoms with E-state index in [1.807, 2.05) is 6.92 Å². The van der Waals surface area contributed by atoms with Crippen molar-refractivity contribution in [1.82, 2.24) is 9.88 Å². The molecule has 0 saturated carbocycles. The molecule has 2 N–H and O–H groups in total. The van der Waals surface area contributed by atoms with Crippen LogP contribution in [0.5, 0.6) is 0 Å². The molecule has 0 bridgehead atoms. The molecule has 20 heavy (non-hydrogen) atoms. The highest BCUT2D eigenvalue weighted by Crippen LogP contribution is 2.11. The Hall–Kier alpha value is -2.37. The van der Waals surface area contributed by atoms with Crippen molar-refractivity contribution in [2.45, 2.75) is 13.8 Å². The van der Waals surface area contributed by atoms with Gasteiger partial charge in [0, 0.05) is 25.5 Å². The standard InChI is InChI=1S/C15H18N4O/c1-3-19(11-12(2)9-17)15(20)14-6-8-18-10-13(14)5-4-7-16/h6,8,10,12H,3,7,11,16H2,1-2H3. The Labute approximate surface area is 119 Å². The van der Waals surface area contributed by atoms with Crippen molar-refractivity contribution in [2.24, 2.45) is 11.7 Å². The lowest BCUT2D eigenvalue weighted by Crippen LogP contribution is -2.34. The van der Waals surface area contributed by atoms with Gasteiger partial charge in [-0.1, -0.05) is 11.8 Å². The zero-order valence-electron chi connectivity index (χ0n) is 11.8. The van der Waals surface area contributed by atoms with Gasteiger partial charge in [0.15, 0.2) is 0 Å². The van der Waals surface area contributed by atoms with Gasteiger partial charge in [-0.2, -0.15) is 5.26 Å². The molecule has 1 aromatic rings. The van der Waals surface area contributed by atoms with Gasteiger partial charge >= 0.3 is 0 Å². The van der Waals surface area contributed by atoms with Gasteiger partial charge in [-0.25, -0.2) is 0 Å². The molecule has 1 rings (SSSR count). The van der Waals surface area contributed by atoms with E-state index < -0.39 is 0 Å². The van der Waals surface area contributed by atoms with Gasteiger partial charge < -0.3 is 10.6 Å². The van der Waals surface area contributed by atoms with E-state index in [0.717, 1.165) is 0 Å². The second kappa shape index (κ2) is 7.93. The van der Waals surface area contributed by atoms with Crippen LogP contribution in [-0.2, 0) is 0 Å². The number of aromatic nitrogens is 1. The Balaban J connectivity index is 3.04. The molecule has 5 nitrogen and oxygen atoms in total. The molecule has 104 valence electrons. The number of hydrogen-bond donors (Lipinski definition) is 1. The van der Waals surface area contributed by atoms with Crippen LogP contribution in [0, 0.1) is 29.1 Å². The lowest BCUT2D eigenvalue weighted by Gasteiger charge is -2.22. The number of carbonyl (C=O) groups is 1. The summed E-state index contributed by atoms with van der Waals surface area (Å²) in [6, 6.07) is 3.78. The molecule has 1 atom stereocenters. The second-order valence-corrected chi connectivity index (χ2v) is 4.30. The number of amides is 1. The first-order valence-electron chi connectivity index (χ1n) is 6.45. The molecule has 0 aliphatic carbocycles. The third kappa shape index (κ3) is 4.08. The highest BCUT2D eigenvalue weighted by Gasteiger charge is 2.18. The van der Waals surface area contributed by atoms with Crippen LogP contribution in [0.25, 0.3) is 0 Å². The van der Waals surface area contributed by atoms with Crippen LogP contribution in [-0.4, -0.2) is 35.4 Å². The average molecular weight is 270 g/mol. The van der Waals surface area contributed by atoms with Crippen molar-refractivity contribution < 1.29 is 4.79 Å². The Morgan fingerprint density at radius 3 is 2.95 bits per heavy atom. The van der Waals surface area contributed by atoms with Gasteiger partial charge in [-0.15, -0.1) is 0 Å². The van der Waals surface area contributed by atoms with E-state index in [9.17, 15) is 4.79 Å². The summed E-state index contributed by atoms with van der Waals surface area (Å²) in [5.41, 5.74) is 6.40. The quantitative estimate of drug-likeness (QED) is 0.828. The molecule has 0 radical (unpaired) electrons. The van der Waals surface area contributed by atoms with Gasteiger partial charge in [0.1, 0.15) is 0 Å². The Bertz CT molecular complexity index is 565. The van der Waals surface area contributed by atoms with E-state index >= 15 is 0 Å². The maximum atomic E-state index is 12.5. The summed E-state index contributed by atoms with van der Waals surface area (Å²) in [6.07, 6.45) is 3.11. The van der Waals surface area contributed by atoms with E-state index in [1.54, 1.807) is 30.3 Å². The topological polar surface area (TPSA) is 83.0 Å². The molecule has 1 amide bonds. The summed E-state index contributed by atoms with van der Waals surface area (Å²) >= 11 is 0. The summed E-state index contributed by atoms with van der Waals surface area (Å²) in [7, 11) is 0. The van der Waals surface area contributed by atoms with Crippen molar-refractivity contribution in [3.63, 3.8) is 0 Å². The number of carbonyl (C=O) groups excluding carboxylic acids is 1. The van der Waals surface area contributed by atoms with Crippen LogP contribution >= 0.6 is 0 Å². The first-order valence-corrected chi connectivity index (χ1v) is 6.45. The van der Waals surface area contributed by atoms with Crippen molar-refractivity contribution in [1.29, 1.82) is 5.26 Å². The predicted molar refractivity (Wildman–Crippen MR) is 76.5 cm³/mol. The van der Waals surface area contributed by atoms with Gasteiger partial charge in [-0.05, 0) is 19.9 Å². The van der Waals surface area contributed by atoms with Gasteiger partial charge in [0.2, 0.25) is 0 Å². The molecule has 0 aliphatic rings. The third-order valence-electron chi connectivity index (χ3n) is 2.76. The van der Waals surface area contributed by atoms with Crippen LogP contribution in [0.3, 0.4) is 0 Å². The number of rotatable bonds is 4. The summed E-state index contributed by atoms with van der Waals surface area (Å²) in [6.45, 7) is 4.84. The maximum absolute atomic E-state index is 12.5. The number of nitriles is 1. The van der Waals surface area contributed by atoms with Gasteiger partial charge in [-0.3, -0.25) is 9.78 Å². The van der Waals surface area contributed by atoms with E-state index in [4.69, 9.17) is 11.0 Å². The van der Waals surface area contributed by atoms with E-state index in [1.165, 1.54) is 0 Å². The van der Waals surface area contributed by atoms with Crippen LogP contribution < -0.4 is 5.73 Å². The number of nitrogens with zero attached hydrogens (tertiary/aromatic N) is 3. The number of hydrogen-bond acceptors (Lipinski definition) is 4. The predicted octanol–water partition coefficient (Wildman–Crippen LogP) is 1.01. The molecule has 0 aromatic carbocycles. The minimum absolute atomic E-state index is 0.140. The van der Waals surface area contributed by atoms with E-state index in [-0.39, 0.29) is 18.4 Å². The molecule has 1 heterocycles. The molecular weight excluding hydrogens is 252 g/mol. The molecule has 1 unspecified atom stereocenters. The first kappa shape index (κ1) is 15.7. The zero-order valence-corrected chi connectivity index (χ0v) is 11.8. The lowest BCUT2D eigenvalue weighted by molar-refractivity contribution is 0.0752. The Morgan fingerprint density at radius 1 is 1.60 bits per heavy atom. The van der Waals surface area contributed by atoms with Crippen molar-refractivity contribution in [3.05, 3.63) is 29.6 Å². The minimum Gasteiger partial charge on any atom is -0.338 e. The summed E-state index contributed by atoms with van der Waals surface area (Å²) < 4.78 is 0. The molecule has 5 heteroatoms. The molecular formula is C15H18N4O. The largest absolute Gasteiger partial charge is 0.338 e. The van der Waals surface area contributed by atoms with Gasteiger partial charge in [0.05, 0.1) is 29.7 Å². The van der Waals surface area contributed by atoms with Crippen LogP contribution in [0.1, 0.15) is 29.8 Å². The summed E-state index contributed by atoms with van der Waals surface area (Å²) in [4.78, 5) is 18.1. The molecule has 1 aromatic heterocycles. The molecule has 0 aliphatic heterocycles. The van der Waals surface area contributed by atoms with Crippen LogP contribution in [0.2, 0.25) is 0 Å². The molecule has 0 saturated heterocycles. The van der Waals surface area contributed by atoms with Crippen LogP contribution in [0.15, 0.2) is 18.5 Å². The lowest BCUT2D eigenvalue weighted by atomic mass is 10.1. The fourth-order valence-corrected chi connectivity index (χ4v) is 1.72. The highest BCUT2D eigenvalue weighted by atomic mass is 16.2. The normalized spacial score (nSPS) is 10.9. The van der Waals surface area contributed by atoms with E-state index in [0.29, 0.717) is 24.2 Å². The van der Waals surface area contributed by atoms with Crippen LogP contribution in [0.4, 0.5) is 0 Å². The van der Waals surface area contributed by atoms with E-state index in [2.05, 4.69) is 22.9 Å². The third-order valence-corrected chi connectivity index (χ3v) is 2.76. The monoisotopic (exact) mass is 270 g/mol. The van der Waals surface area contributed by atoms with Gasteiger partial charge in [0.25, 0.3) is 5.91 Å². The first-order chi connectivity index (χ1) is 9.63. The fraction of sp³-hybridized carbons (Fsp3) is 0.400. The fourth-order valence-electron chi connectivity index (χ4n) is 1.72. The number of pyridine rings is 1. The van der Waals surface area contributed by atoms with Crippen molar-refractivity contribution in [2.75, 3.05) is 19.6 Å². The maximum Gasteiger partial charge on any atom is 0.255 e. The summed E-state index contributed by atoms with van der Waals surface area (Å²) in [5.74, 6) is 5.22. The SMILES string of the molecule is CCN(CC(C)C#N)C(=O)c1ccncc1C#CCN. The minimum atomic E-state index is -0.209. The van der Waals surface area contributed by atoms with Crippen molar-refractivity contribution >= 4 is 5.91 Å². The zero-order chi connectivity index (χ0) is 15.0. The average Bonchev–Trinajstić information content (AvgIpc) is 2.49. The van der Waals surface area contributed by atoms with Crippen molar-refractivity contribution in [3.8, 4) is 17.9 Å².